The van der Waals surface area contributed by atoms with E-state index in [0.717, 1.165) is 18.2 Å². The third-order valence-electron chi connectivity index (χ3n) is 4.84. The van der Waals surface area contributed by atoms with Crippen LogP contribution in [0.5, 0.6) is 0 Å². The minimum atomic E-state index is 0.00655. The Kier molecular flexibility index (Phi) is 5.13. The van der Waals surface area contributed by atoms with Crippen molar-refractivity contribution >= 4 is 16.7 Å². The summed E-state index contributed by atoms with van der Waals surface area (Å²) in [6.07, 6.45) is 11.7. The second kappa shape index (κ2) is 7.47. The monoisotopic (exact) mass is 332 g/mol. The first-order valence-electron chi connectivity index (χ1n) is 8.74. The summed E-state index contributed by atoms with van der Waals surface area (Å²) < 4.78 is 0. The van der Waals surface area contributed by atoms with E-state index < -0.39 is 0 Å². The van der Waals surface area contributed by atoms with Gasteiger partial charge >= 0.3 is 0 Å². The highest BCUT2D eigenvalue weighted by Crippen LogP contribution is 2.39. The molecule has 1 aromatic heterocycles. The number of aromatic nitrogens is 1. The number of nitrogens with zero attached hydrogens (tertiary/aromatic N) is 1. The second-order valence-electron chi connectivity index (χ2n) is 6.48. The molecule has 1 N–H and O–H groups in total. The average molecular weight is 332 g/mol. The van der Waals surface area contributed by atoms with Crippen molar-refractivity contribution in [2.45, 2.75) is 38.6 Å². The molecule has 0 spiro atoms. The van der Waals surface area contributed by atoms with E-state index in [1.165, 1.54) is 22.1 Å². The number of hydrogen-bond acceptors (Lipinski definition) is 2. The van der Waals surface area contributed by atoms with Gasteiger partial charge in [-0.25, -0.2) is 0 Å². The minimum absolute atomic E-state index is 0.00655. The number of fused-ring (bicyclic) bond motifs is 1. The molecule has 0 saturated heterocycles. The van der Waals surface area contributed by atoms with Crippen LogP contribution >= 0.6 is 0 Å². The summed E-state index contributed by atoms with van der Waals surface area (Å²) in [5, 5.41) is 5.43. The Hall–Kier alpha value is -2.68. The van der Waals surface area contributed by atoms with Crippen molar-refractivity contribution in [3.8, 4) is 0 Å². The standard InChI is InChI=1S/C22H24N2O/c1-4-6-21-19(5-2)20(9-10-22(21)24-15(3)25)17-7-8-18-14-23-12-11-16(18)13-17/h4-8,11-14,20,22H,2,9-10H2,1,3H3,(H,24,25)/b6-4-/t20?,22-/m1/s1. The molecule has 1 aromatic carbocycles. The Labute approximate surface area is 149 Å². The van der Waals surface area contributed by atoms with Gasteiger partial charge in [0, 0.05) is 30.6 Å². The van der Waals surface area contributed by atoms with E-state index in [1.807, 2.05) is 37.5 Å². The van der Waals surface area contributed by atoms with Crippen LogP contribution in [0.25, 0.3) is 10.8 Å². The SMILES string of the molecule is C=CC1=C(/C=C\C)[C@H](NC(C)=O)CCC1c1ccc2cnccc2c1. The van der Waals surface area contributed by atoms with Gasteiger partial charge in [0.1, 0.15) is 0 Å². The Morgan fingerprint density at radius 1 is 1.24 bits per heavy atom. The number of allylic oxidation sites excluding steroid dienone is 3. The Bertz CT molecular complexity index is 863. The van der Waals surface area contributed by atoms with Crippen LogP contribution in [-0.2, 0) is 4.79 Å². The molecule has 0 bridgehead atoms. The van der Waals surface area contributed by atoms with Crippen LogP contribution in [0.3, 0.4) is 0 Å². The van der Waals surface area contributed by atoms with Gasteiger partial charge in [-0.15, -0.1) is 0 Å². The molecular weight excluding hydrogens is 308 g/mol. The van der Waals surface area contributed by atoms with Crippen molar-refractivity contribution in [2.24, 2.45) is 0 Å². The predicted octanol–water partition coefficient (Wildman–Crippen LogP) is 4.68. The molecule has 0 saturated carbocycles. The Morgan fingerprint density at radius 3 is 2.80 bits per heavy atom. The fourth-order valence-corrected chi connectivity index (χ4v) is 3.76. The first kappa shape index (κ1) is 17.2. The van der Waals surface area contributed by atoms with Crippen molar-refractivity contribution < 1.29 is 4.79 Å². The van der Waals surface area contributed by atoms with Gasteiger partial charge in [0.25, 0.3) is 0 Å². The molecule has 1 unspecified atom stereocenters. The first-order valence-corrected chi connectivity index (χ1v) is 8.74. The number of pyridine rings is 1. The van der Waals surface area contributed by atoms with E-state index in [2.05, 4.69) is 41.2 Å². The molecule has 3 nitrogen and oxygen atoms in total. The maximum absolute atomic E-state index is 11.6. The summed E-state index contributed by atoms with van der Waals surface area (Å²) >= 11 is 0. The summed E-state index contributed by atoms with van der Waals surface area (Å²) in [5.74, 6) is 0.304. The van der Waals surface area contributed by atoms with Crippen molar-refractivity contribution in [1.82, 2.24) is 10.3 Å². The van der Waals surface area contributed by atoms with Crippen LogP contribution in [0.2, 0.25) is 0 Å². The Balaban J connectivity index is 2.06. The third kappa shape index (κ3) is 3.55. The highest BCUT2D eigenvalue weighted by molar-refractivity contribution is 5.82. The number of nitrogens with one attached hydrogen (secondary N) is 1. The van der Waals surface area contributed by atoms with Crippen molar-refractivity contribution in [2.75, 3.05) is 0 Å². The molecule has 0 radical (unpaired) electrons. The van der Waals surface area contributed by atoms with Crippen LogP contribution in [0.15, 0.2) is 72.6 Å². The van der Waals surface area contributed by atoms with Gasteiger partial charge in [-0.05, 0) is 47.9 Å². The van der Waals surface area contributed by atoms with Crippen molar-refractivity contribution in [1.29, 1.82) is 0 Å². The van der Waals surface area contributed by atoms with Gasteiger partial charge < -0.3 is 5.32 Å². The number of carbonyl (C=O) groups excluding carboxylic acids is 1. The molecule has 3 heteroatoms. The van der Waals surface area contributed by atoms with Gasteiger partial charge in [0.15, 0.2) is 0 Å². The first-order chi connectivity index (χ1) is 12.1. The lowest BCUT2D eigenvalue weighted by atomic mass is 9.76. The van der Waals surface area contributed by atoms with Crippen LogP contribution in [-0.4, -0.2) is 16.9 Å². The lowest BCUT2D eigenvalue weighted by molar-refractivity contribution is -0.119. The molecule has 3 rings (SSSR count). The van der Waals surface area contributed by atoms with E-state index in [9.17, 15) is 4.79 Å². The molecule has 25 heavy (non-hydrogen) atoms. The minimum Gasteiger partial charge on any atom is -0.350 e. The fourth-order valence-electron chi connectivity index (χ4n) is 3.76. The molecule has 1 amide bonds. The van der Waals surface area contributed by atoms with Crippen molar-refractivity contribution in [3.05, 3.63) is 78.2 Å². The van der Waals surface area contributed by atoms with Gasteiger partial charge in [-0.1, -0.05) is 43.0 Å². The van der Waals surface area contributed by atoms with E-state index in [1.54, 1.807) is 6.92 Å². The molecule has 128 valence electrons. The highest BCUT2D eigenvalue weighted by atomic mass is 16.1. The normalized spacial score (nSPS) is 20.9. The van der Waals surface area contributed by atoms with Crippen LogP contribution in [0.1, 0.15) is 38.2 Å². The maximum Gasteiger partial charge on any atom is 0.217 e. The zero-order chi connectivity index (χ0) is 17.8. The molecule has 0 aliphatic heterocycles. The van der Waals surface area contributed by atoms with Crippen molar-refractivity contribution in [3.63, 3.8) is 0 Å². The van der Waals surface area contributed by atoms with E-state index >= 15 is 0 Å². The lowest BCUT2D eigenvalue weighted by Gasteiger charge is -2.32. The van der Waals surface area contributed by atoms with E-state index in [-0.39, 0.29) is 11.9 Å². The van der Waals surface area contributed by atoms with Gasteiger partial charge in [-0.3, -0.25) is 9.78 Å². The second-order valence-corrected chi connectivity index (χ2v) is 6.48. The predicted molar refractivity (Wildman–Crippen MR) is 103 cm³/mol. The topological polar surface area (TPSA) is 42.0 Å². The summed E-state index contributed by atoms with van der Waals surface area (Å²) in [5.41, 5.74) is 3.66. The molecule has 2 atom stereocenters. The molecule has 1 aliphatic rings. The summed E-state index contributed by atoms with van der Waals surface area (Å²) in [7, 11) is 0. The number of benzene rings is 1. The largest absolute Gasteiger partial charge is 0.350 e. The lowest BCUT2D eigenvalue weighted by Crippen LogP contribution is -2.37. The molecule has 0 fully saturated rings. The summed E-state index contributed by atoms with van der Waals surface area (Å²) in [6, 6.07) is 8.67. The third-order valence-corrected chi connectivity index (χ3v) is 4.84. The average Bonchev–Trinajstić information content (AvgIpc) is 2.62. The maximum atomic E-state index is 11.6. The quantitative estimate of drug-likeness (QED) is 0.883. The number of amides is 1. The molecule has 1 aliphatic carbocycles. The number of carbonyl (C=O) groups is 1. The zero-order valence-electron chi connectivity index (χ0n) is 14.8. The summed E-state index contributed by atoms with van der Waals surface area (Å²) in [4.78, 5) is 15.8. The van der Waals surface area contributed by atoms with Gasteiger partial charge in [0.2, 0.25) is 5.91 Å². The fraction of sp³-hybridized carbons (Fsp3) is 0.273. The smallest absolute Gasteiger partial charge is 0.217 e. The molecule has 1 heterocycles. The van der Waals surface area contributed by atoms with Crippen LogP contribution in [0.4, 0.5) is 0 Å². The van der Waals surface area contributed by atoms with Crippen LogP contribution in [0, 0.1) is 0 Å². The van der Waals surface area contributed by atoms with E-state index in [0.29, 0.717) is 5.92 Å². The Morgan fingerprint density at radius 2 is 2.08 bits per heavy atom. The highest BCUT2D eigenvalue weighted by Gasteiger charge is 2.28. The van der Waals surface area contributed by atoms with Gasteiger partial charge in [0.05, 0.1) is 6.04 Å². The number of rotatable bonds is 4. The van der Waals surface area contributed by atoms with E-state index in [4.69, 9.17) is 0 Å². The zero-order valence-corrected chi connectivity index (χ0v) is 14.8. The summed E-state index contributed by atoms with van der Waals surface area (Å²) in [6.45, 7) is 7.63. The molecular formula is C22H24N2O. The number of hydrogen-bond donors (Lipinski definition) is 1. The van der Waals surface area contributed by atoms with Crippen LogP contribution < -0.4 is 5.32 Å². The van der Waals surface area contributed by atoms with Gasteiger partial charge in [-0.2, -0.15) is 0 Å². The molecule has 2 aromatic rings.